The minimum absolute atomic E-state index is 0.0862. The maximum atomic E-state index is 12.5. The van der Waals surface area contributed by atoms with Crippen LogP contribution in [0.2, 0.25) is 0 Å². The Morgan fingerprint density at radius 2 is 1.96 bits per heavy atom. The van der Waals surface area contributed by atoms with Gasteiger partial charge in [0.1, 0.15) is 5.82 Å². The zero-order valence-electron chi connectivity index (χ0n) is 16.0. The highest BCUT2D eigenvalue weighted by atomic mass is 16.2. The summed E-state index contributed by atoms with van der Waals surface area (Å²) in [6, 6.07) is 10.5. The van der Waals surface area contributed by atoms with Crippen molar-refractivity contribution in [1.29, 1.82) is 0 Å². The Hall–Kier alpha value is -2.27. The number of fused-ring (bicyclic) bond motifs is 1. The molecule has 5 heteroatoms. The molecule has 1 aliphatic carbocycles. The summed E-state index contributed by atoms with van der Waals surface area (Å²) in [6.07, 6.45) is 7.18. The van der Waals surface area contributed by atoms with Crippen LogP contribution in [0.1, 0.15) is 60.1 Å². The monoisotopic (exact) mass is 364 g/mol. The summed E-state index contributed by atoms with van der Waals surface area (Å²) < 4.78 is 0. The van der Waals surface area contributed by atoms with Crippen LogP contribution in [-0.2, 0) is 24.1 Å². The van der Waals surface area contributed by atoms with E-state index in [-0.39, 0.29) is 18.0 Å². The Bertz CT molecular complexity index is 805. The fraction of sp³-hybridized carbons (Fsp3) is 0.500. The topological polar surface area (TPSA) is 66.9 Å². The first-order valence-corrected chi connectivity index (χ1v) is 10.1. The molecule has 1 amide bonds. The molecular weight excluding hydrogens is 336 g/mol. The molecule has 1 aromatic heterocycles. The van der Waals surface area contributed by atoms with Crippen molar-refractivity contribution in [2.75, 3.05) is 6.54 Å². The van der Waals surface area contributed by atoms with E-state index in [1.165, 1.54) is 29.7 Å². The number of nitrogens with zero attached hydrogens (tertiary/aromatic N) is 2. The smallest absolute Gasteiger partial charge is 0.237 e. The molecule has 1 fully saturated rings. The number of benzene rings is 1. The number of nitrogens with one attached hydrogen (secondary N) is 2. The second kappa shape index (κ2) is 8.17. The van der Waals surface area contributed by atoms with Gasteiger partial charge in [-0.15, -0.1) is 0 Å². The number of carbonyl (C=O) groups excluding carboxylic acids is 1. The van der Waals surface area contributed by atoms with Gasteiger partial charge in [0, 0.05) is 30.4 Å². The van der Waals surface area contributed by atoms with E-state index in [0.717, 1.165) is 37.2 Å². The molecule has 0 saturated carbocycles. The third kappa shape index (κ3) is 4.19. The van der Waals surface area contributed by atoms with Gasteiger partial charge in [-0.2, -0.15) is 0 Å². The Balaban J connectivity index is 1.28. The Kier molecular flexibility index (Phi) is 5.48. The van der Waals surface area contributed by atoms with Gasteiger partial charge in [0.05, 0.1) is 6.04 Å². The number of hydrogen-bond acceptors (Lipinski definition) is 4. The van der Waals surface area contributed by atoms with Crippen LogP contribution in [0, 0.1) is 6.92 Å². The lowest BCUT2D eigenvalue weighted by atomic mass is 9.95. The van der Waals surface area contributed by atoms with E-state index in [9.17, 15) is 4.79 Å². The number of rotatable bonds is 5. The van der Waals surface area contributed by atoms with Crippen LogP contribution < -0.4 is 10.6 Å². The van der Waals surface area contributed by atoms with Gasteiger partial charge in [0.2, 0.25) is 5.91 Å². The minimum atomic E-state index is -0.110. The summed E-state index contributed by atoms with van der Waals surface area (Å²) in [4.78, 5) is 21.9. The largest absolute Gasteiger partial charge is 0.354 e. The molecule has 2 heterocycles. The molecule has 5 nitrogen and oxygen atoms in total. The van der Waals surface area contributed by atoms with Gasteiger partial charge in [-0.3, -0.25) is 10.1 Å². The van der Waals surface area contributed by atoms with Crippen molar-refractivity contribution in [3.63, 3.8) is 0 Å². The lowest BCUT2D eigenvalue weighted by Gasteiger charge is -2.18. The predicted molar refractivity (Wildman–Crippen MR) is 105 cm³/mol. The molecule has 0 bridgehead atoms. The van der Waals surface area contributed by atoms with Crippen molar-refractivity contribution in [2.45, 2.75) is 64.0 Å². The number of hydrogen-bond donors (Lipinski definition) is 2. The van der Waals surface area contributed by atoms with E-state index < -0.39 is 0 Å². The molecule has 2 N–H and O–H groups in total. The van der Waals surface area contributed by atoms with Crippen molar-refractivity contribution >= 4 is 5.91 Å². The average molecular weight is 364 g/mol. The first-order valence-electron chi connectivity index (χ1n) is 10.1. The summed E-state index contributed by atoms with van der Waals surface area (Å²) in [5.41, 5.74) is 4.93. The normalized spacial score (nSPS) is 21.7. The van der Waals surface area contributed by atoms with E-state index in [4.69, 9.17) is 4.98 Å². The van der Waals surface area contributed by atoms with Gasteiger partial charge in [0.15, 0.2) is 0 Å². The van der Waals surface area contributed by atoms with Crippen LogP contribution >= 0.6 is 0 Å². The zero-order valence-corrected chi connectivity index (χ0v) is 16.0. The van der Waals surface area contributed by atoms with Crippen LogP contribution in [0.5, 0.6) is 0 Å². The maximum Gasteiger partial charge on any atom is 0.237 e. The van der Waals surface area contributed by atoms with E-state index in [2.05, 4.69) is 34.7 Å². The van der Waals surface area contributed by atoms with E-state index >= 15 is 0 Å². The van der Waals surface area contributed by atoms with Crippen molar-refractivity contribution in [3.8, 4) is 0 Å². The predicted octanol–water partition coefficient (Wildman–Crippen LogP) is 2.82. The molecule has 0 unspecified atom stereocenters. The number of aryl methyl sites for hydroxylation is 2. The van der Waals surface area contributed by atoms with Crippen molar-refractivity contribution in [3.05, 3.63) is 58.7 Å². The molecule has 0 spiro atoms. The number of aromatic nitrogens is 2. The van der Waals surface area contributed by atoms with Gasteiger partial charge < -0.3 is 5.32 Å². The molecule has 4 rings (SSSR count). The van der Waals surface area contributed by atoms with Crippen molar-refractivity contribution in [1.82, 2.24) is 20.6 Å². The van der Waals surface area contributed by atoms with Crippen LogP contribution in [0.3, 0.4) is 0 Å². The average Bonchev–Trinajstić information content (AvgIpc) is 3.19. The van der Waals surface area contributed by atoms with Crippen LogP contribution in [-0.4, -0.2) is 28.5 Å². The summed E-state index contributed by atoms with van der Waals surface area (Å²) in [7, 11) is 0. The maximum absolute atomic E-state index is 12.5. The molecule has 2 aromatic rings. The lowest BCUT2D eigenvalue weighted by Crippen LogP contribution is -2.41. The summed E-state index contributed by atoms with van der Waals surface area (Å²) >= 11 is 0. The van der Waals surface area contributed by atoms with Gasteiger partial charge in [-0.25, -0.2) is 9.97 Å². The summed E-state index contributed by atoms with van der Waals surface area (Å²) in [5.74, 6) is 0.943. The molecule has 1 saturated heterocycles. The van der Waals surface area contributed by atoms with Gasteiger partial charge >= 0.3 is 0 Å². The van der Waals surface area contributed by atoms with Crippen LogP contribution in [0.25, 0.3) is 0 Å². The Morgan fingerprint density at radius 3 is 2.81 bits per heavy atom. The molecular formula is C22H28N4O. The van der Waals surface area contributed by atoms with Crippen molar-refractivity contribution < 1.29 is 4.79 Å². The minimum Gasteiger partial charge on any atom is -0.354 e. The number of carbonyl (C=O) groups is 1. The molecule has 2 aliphatic rings. The Morgan fingerprint density at radius 1 is 1.15 bits per heavy atom. The molecule has 0 radical (unpaired) electrons. The highest BCUT2D eigenvalue weighted by Gasteiger charge is 2.29. The molecule has 2 atom stereocenters. The SMILES string of the molecule is Cc1nc(CCNC(=O)[C@H]2CC[C@H](c3ccccc3)N2)nc2c1CCCC2. The molecule has 1 aromatic carbocycles. The molecule has 27 heavy (non-hydrogen) atoms. The summed E-state index contributed by atoms with van der Waals surface area (Å²) in [6.45, 7) is 2.67. The lowest BCUT2D eigenvalue weighted by molar-refractivity contribution is -0.122. The van der Waals surface area contributed by atoms with E-state index in [1.807, 2.05) is 18.2 Å². The second-order valence-corrected chi connectivity index (χ2v) is 7.66. The van der Waals surface area contributed by atoms with Crippen LogP contribution in [0.4, 0.5) is 0 Å². The van der Waals surface area contributed by atoms with E-state index in [1.54, 1.807) is 0 Å². The standard InChI is InChI=1S/C22H28N4O/c1-15-17-9-5-6-10-19(17)26-21(24-15)13-14-23-22(27)20-12-11-18(25-20)16-7-3-2-4-8-16/h2-4,7-8,18,20,25H,5-6,9-14H2,1H3,(H,23,27)/t18-,20-/m1/s1. The third-order valence-electron chi connectivity index (χ3n) is 5.75. The quantitative estimate of drug-likeness (QED) is 0.856. The van der Waals surface area contributed by atoms with E-state index in [0.29, 0.717) is 13.0 Å². The third-order valence-corrected chi connectivity index (χ3v) is 5.75. The highest BCUT2D eigenvalue weighted by molar-refractivity contribution is 5.82. The van der Waals surface area contributed by atoms with Gasteiger partial charge in [-0.1, -0.05) is 30.3 Å². The highest BCUT2D eigenvalue weighted by Crippen LogP contribution is 2.26. The molecule has 1 aliphatic heterocycles. The second-order valence-electron chi connectivity index (χ2n) is 7.66. The first kappa shape index (κ1) is 18.1. The first-order chi connectivity index (χ1) is 13.2. The van der Waals surface area contributed by atoms with Crippen molar-refractivity contribution in [2.24, 2.45) is 0 Å². The number of amides is 1. The zero-order chi connectivity index (χ0) is 18.6. The fourth-order valence-electron chi connectivity index (χ4n) is 4.27. The fourth-order valence-corrected chi connectivity index (χ4v) is 4.27. The van der Waals surface area contributed by atoms with Gasteiger partial charge in [0.25, 0.3) is 0 Å². The van der Waals surface area contributed by atoms with Gasteiger partial charge in [-0.05, 0) is 56.6 Å². The summed E-state index contributed by atoms with van der Waals surface area (Å²) in [5, 5.41) is 6.53. The van der Waals surface area contributed by atoms with Crippen LogP contribution in [0.15, 0.2) is 30.3 Å². The molecule has 142 valence electrons. The Labute approximate surface area is 161 Å².